The summed E-state index contributed by atoms with van der Waals surface area (Å²) in [6.45, 7) is -3.30. The highest BCUT2D eigenvalue weighted by Crippen LogP contribution is 2.41. The highest BCUT2D eigenvalue weighted by molar-refractivity contribution is 6.32. The van der Waals surface area contributed by atoms with Crippen LogP contribution in [0.4, 0.5) is 18.9 Å². The lowest BCUT2D eigenvalue weighted by Gasteiger charge is -2.36. The van der Waals surface area contributed by atoms with E-state index in [1.54, 1.807) is 0 Å². The van der Waals surface area contributed by atoms with Gasteiger partial charge in [0, 0.05) is 6.07 Å². The summed E-state index contributed by atoms with van der Waals surface area (Å²) in [6, 6.07) is 1.67. The van der Waals surface area contributed by atoms with E-state index in [1.807, 2.05) is 5.92 Å². The number of terminal acetylenes is 1. The van der Waals surface area contributed by atoms with Crippen molar-refractivity contribution in [3.63, 3.8) is 0 Å². The summed E-state index contributed by atoms with van der Waals surface area (Å²) in [5.74, 6) is -2.64. The molecule has 0 radical (unpaired) electrons. The van der Waals surface area contributed by atoms with Gasteiger partial charge in [-0.3, -0.25) is 9.69 Å². The predicted octanol–water partition coefficient (Wildman–Crippen LogP) is 3.44. The van der Waals surface area contributed by atoms with Gasteiger partial charge in [-0.15, -0.1) is 6.42 Å². The molecule has 1 amide bonds. The van der Waals surface area contributed by atoms with Gasteiger partial charge in [0.05, 0.1) is 10.7 Å². The number of carbonyl (C=O) groups excluding carboxylic acids is 1. The Morgan fingerprint density at radius 1 is 1.36 bits per heavy atom. The Hall–Kier alpha value is -2.40. The molecule has 0 spiro atoms. The number of aliphatic carboxylic acids is 1. The number of hydrogen-bond acceptors (Lipinski definition) is 3. The van der Waals surface area contributed by atoms with Gasteiger partial charge in [0.1, 0.15) is 5.54 Å². The quantitative estimate of drug-likeness (QED) is 0.800. The van der Waals surface area contributed by atoms with E-state index in [9.17, 15) is 27.9 Å². The Balaban J connectivity index is 2.59. The van der Waals surface area contributed by atoms with Gasteiger partial charge in [0.2, 0.25) is 0 Å². The molecule has 25 heavy (non-hydrogen) atoms. The average Bonchev–Trinajstić information content (AvgIpc) is 3.01. The highest BCUT2D eigenvalue weighted by atomic mass is 35.5. The first-order valence-corrected chi connectivity index (χ1v) is 7.59. The average molecular weight is 376 g/mol. The Labute approximate surface area is 146 Å². The number of carboxylic acids is 1. The Morgan fingerprint density at radius 2 is 1.96 bits per heavy atom. The molecule has 2 rings (SSSR count). The van der Waals surface area contributed by atoms with Crippen LogP contribution in [0.1, 0.15) is 25.7 Å². The molecule has 0 saturated heterocycles. The van der Waals surface area contributed by atoms with Gasteiger partial charge < -0.3 is 9.84 Å². The van der Waals surface area contributed by atoms with Crippen LogP contribution in [0.3, 0.4) is 0 Å². The minimum absolute atomic E-state index is 0.115. The minimum Gasteiger partial charge on any atom is -0.479 e. The largest absolute Gasteiger partial charge is 0.479 e. The predicted molar refractivity (Wildman–Crippen MR) is 83.2 cm³/mol. The molecule has 134 valence electrons. The second-order valence-electron chi connectivity index (χ2n) is 5.45. The molecule has 5 nitrogen and oxygen atoms in total. The highest BCUT2D eigenvalue weighted by Gasteiger charge is 2.49. The molecule has 1 aromatic rings. The first-order valence-electron chi connectivity index (χ1n) is 7.21. The van der Waals surface area contributed by atoms with Crippen molar-refractivity contribution in [3.05, 3.63) is 23.0 Å². The van der Waals surface area contributed by atoms with Gasteiger partial charge in [0.25, 0.3) is 0 Å². The first kappa shape index (κ1) is 18.9. The van der Waals surface area contributed by atoms with E-state index >= 15 is 0 Å². The summed E-state index contributed by atoms with van der Waals surface area (Å²) < 4.78 is 42.8. The summed E-state index contributed by atoms with van der Waals surface area (Å²) >= 11 is 5.77. The summed E-state index contributed by atoms with van der Waals surface area (Å²) in [6.07, 6.45) is 6.42. The van der Waals surface area contributed by atoms with Gasteiger partial charge in [-0.05, 0) is 24.8 Å². The van der Waals surface area contributed by atoms with Crippen molar-refractivity contribution in [2.24, 2.45) is 0 Å². The Bertz CT molecular complexity index is 718. The van der Waals surface area contributed by atoms with Gasteiger partial charge in [-0.25, -0.2) is 9.18 Å². The Morgan fingerprint density at radius 3 is 2.40 bits per heavy atom. The SMILES string of the molecule is C#CC(=O)N(c1cc(F)c(OC(F)F)c(Cl)c1)C1(C(=O)O)CCCC1. The summed E-state index contributed by atoms with van der Waals surface area (Å²) in [5.41, 5.74) is -1.89. The molecule has 1 N–H and O–H groups in total. The standard InChI is InChI=1S/C16H13ClF3NO4/c1-2-12(22)21(16(14(23)24)5-3-4-6-16)9-7-10(17)13(11(18)8-9)25-15(19)20/h1,7-8,15H,3-6H2,(H,23,24). The summed E-state index contributed by atoms with van der Waals surface area (Å²) in [7, 11) is 0. The van der Waals surface area contributed by atoms with Gasteiger partial charge in [-0.2, -0.15) is 8.78 Å². The molecule has 0 aliphatic heterocycles. The lowest BCUT2D eigenvalue weighted by molar-refractivity contribution is -0.144. The molecule has 1 aliphatic rings. The number of halogens is 4. The van der Waals surface area contributed by atoms with Crippen LogP contribution in [0.25, 0.3) is 0 Å². The van der Waals surface area contributed by atoms with E-state index in [0.29, 0.717) is 18.9 Å². The number of hydrogen-bond donors (Lipinski definition) is 1. The molecular weight excluding hydrogens is 363 g/mol. The third-order valence-electron chi connectivity index (χ3n) is 4.03. The van der Waals surface area contributed by atoms with E-state index in [0.717, 1.165) is 11.0 Å². The number of rotatable bonds is 5. The van der Waals surface area contributed by atoms with E-state index in [-0.39, 0.29) is 18.5 Å². The zero-order valence-corrected chi connectivity index (χ0v) is 13.5. The molecule has 1 aromatic carbocycles. The molecule has 0 heterocycles. The maximum Gasteiger partial charge on any atom is 0.387 e. The topological polar surface area (TPSA) is 66.8 Å². The Kier molecular flexibility index (Phi) is 5.48. The molecule has 9 heteroatoms. The van der Waals surface area contributed by atoms with Crippen LogP contribution in [0.15, 0.2) is 12.1 Å². The van der Waals surface area contributed by atoms with Crippen molar-refractivity contribution >= 4 is 29.2 Å². The van der Waals surface area contributed by atoms with Crippen molar-refractivity contribution in [1.29, 1.82) is 0 Å². The lowest BCUT2D eigenvalue weighted by atomic mass is 9.94. The monoisotopic (exact) mass is 375 g/mol. The van der Waals surface area contributed by atoms with Crippen LogP contribution in [-0.2, 0) is 9.59 Å². The zero-order valence-electron chi connectivity index (χ0n) is 12.8. The van der Waals surface area contributed by atoms with E-state index in [2.05, 4.69) is 4.74 Å². The number of alkyl halides is 2. The van der Waals surface area contributed by atoms with Crippen molar-refractivity contribution in [1.82, 2.24) is 0 Å². The first-order chi connectivity index (χ1) is 11.7. The molecule has 1 aliphatic carbocycles. The van der Waals surface area contributed by atoms with Crippen LogP contribution < -0.4 is 9.64 Å². The third-order valence-corrected chi connectivity index (χ3v) is 4.31. The fraction of sp³-hybridized carbons (Fsp3) is 0.375. The number of ether oxygens (including phenoxy) is 1. The molecule has 0 bridgehead atoms. The van der Waals surface area contributed by atoms with Crippen molar-refractivity contribution in [2.45, 2.75) is 37.8 Å². The zero-order chi connectivity index (χ0) is 18.8. The second kappa shape index (κ2) is 7.23. The molecular formula is C16H13ClF3NO4. The molecule has 0 unspecified atom stereocenters. The fourth-order valence-corrected chi connectivity index (χ4v) is 3.24. The van der Waals surface area contributed by atoms with Crippen molar-refractivity contribution in [2.75, 3.05) is 4.90 Å². The van der Waals surface area contributed by atoms with Gasteiger partial charge >= 0.3 is 18.5 Å². The lowest BCUT2D eigenvalue weighted by Crippen LogP contribution is -2.55. The molecule has 1 saturated carbocycles. The smallest absolute Gasteiger partial charge is 0.387 e. The van der Waals surface area contributed by atoms with E-state index in [1.165, 1.54) is 0 Å². The summed E-state index contributed by atoms with van der Waals surface area (Å²) in [5, 5.41) is 9.10. The van der Waals surface area contributed by atoms with Crippen LogP contribution >= 0.6 is 11.6 Å². The second-order valence-corrected chi connectivity index (χ2v) is 5.85. The molecule has 0 atom stereocenters. The normalized spacial score (nSPS) is 15.7. The number of carboxylic acid groups (broad SMARTS) is 1. The number of carbonyl (C=O) groups is 2. The number of nitrogens with zero attached hydrogens (tertiary/aromatic N) is 1. The maximum atomic E-state index is 14.1. The minimum atomic E-state index is -3.30. The van der Waals surface area contributed by atoms with Crippen LogP contribution in [0.2, 0.25) is 5.02 Å². The number of amides is 1. The van der Waals surface area contributed by atoms with Crippen LogP contribution in [-0.4, -0.2) is 29.1 Å². The molecule has 0 aromatic heterocycles. The summed E-state index contributed by atoms with van der Waals surface area (Å²) in [4.78, 5) is 24.8. The van der Waals surface area contributed by atoms with Crippen molar-refractivity contribution < 1.29 is 32.6 Å². The number of anilines is 1. The fourth-order valence-electron chi connectivity index (χ4n) is 2.99. The number of benzene rings is 1. The van der Waals surface area contributed by atoms with Crippen LogP contribution in [0.5, 0.6) is 5.75 Å². The maximum absolute atomic E-state index is 14.1. The van der Waals surface area contributed by atoms with Gasteiger partial charge in [-0.1, -0.05) is 24.4 Å². The van der Waals surface area contributed by atoms with Crippen LogP contribution in [0, 0.1) is 18.2 Å². The third kappa shape index (κ3) is 3.51. The van der Waals surface area contributed by atoms with E-state index < -0.39 is 40.6 Å². The van der Waals surface area contributed by atoms with Crippen molar-refractivity contribution in [3.8, 4) is 18.1 Å². The molecule has 1 fully saturated rings. The van der Waals surface area contributed by atoms with Gasteiger partial charge in [0.15, 0.2) is 11.6 Å². The van der Waals surface area contributed by atoms with E-state index in [4.69, 9.17) is 18.0 Å².